The zero-order valence-electron chi connectivity index (χ0n) is 17.4. The highest BCUT2D eigenvalue weighted by atomic mass is 17.3. The summed E-state index contributed by atoms with van der Waals surface area (Å²) >= 11 is 0. The lowest BCUT2D eigenvalue weighted by Gasteiger charge is -2.27. The number of carbonyl (C=O) groups excluding carboxylic acids is 1. The molecule has 0 aromatic rings. The fourth-order valence-corrected chi connectivity index (χ4v) is 2.47. The normalized spacial score (nSPS) is 15.6. The summed E-state index contributed by atoms with van der Waals surface area (Å²) in [4.78, 5) is 33.7. The summed E-state index contributed by atoms with van der Waals surface area (Å²) in [7, 11) is 0. The van der Waals surface area contributed by atoms with E-state index in [0.717, 1.165) is 51.4 Å². The van der Waals surface area contributed by atoms with E-state index in [2.05, 4.69) is 20.8 Å². The van der Waals surface area contributed by atoms with Crippen LogP contribution in [0.4, 0.5) is 0 Å². The van der Waals surface area contributed by atoms with Crippen molar-refractivity contribution in [3.05, 3.63) is 0 Å². The second-order valence-corrected chi connectivity index (χ2v) is 7.72. The van der Waals surface area contributed by atoms with E-state index in [4.69, 9.17) is 19.6 Å². The number of hydrogen-bond donors (Lipinski definition) is 0. The molecule has 0 heterocycles. The van der Waals surface area contributed by atoms with Crippen molar-refractivity contribution in [2.45, 2.75) is 112 Å². The highest BCUT2D eigenvalue weighted by molar-refractivity contribution is 5.71. The summed E-state index contributed by atoms with van der Waals surface area (Å²) in [5.41, 5.74) is -0.457. The molecule has 0 N–H and O–H groups in total. The summed E-state index contributed by atoms with van der Waals surface area (Å²) in [5.74, 6) is -0.323. The highest BCUT2D eigenvalue weighted by Crippen LogP contribution is 2.24. The van der Waals surface area contributed by atoms with Crippen LogP contribution in [0.5, 0.6) is 0 Å². The Morgan fingerprint density at radius 2 is 1.48 bits per heavy atom. The van der Waals surface area contributed by atoms with Crippen molar-refractivity contribution in [1.82, 2.24) is 0 Å². The zero-order chi connectivity index (χ0) is 19.3. The molecule has 0 bridgehead atoms. The van der Waals surface area contributed by atoms with E-state index in [1.807, 2.05) is 27.7 Å². The molecular formula is C20H40O5. The summed E-state index contributed by atoms with van der Waals surface area (Å²) in [6, 6.07) is 0. The van der Waals surface area contributed by atoms with E-state index in [1.54, 1.807) is 0 Å². The monoisotopic (exact) mass is 360 g/mol. The molecule has 0 amide bonds. The van der Waals surface area contributed by atoms with Crippen molar-refractivity contribution in [3.8, 4) is 0 Å². The average Bonchev–Trinajstić information content (AvgIpc) is 2.56. The van der Waals surface area contributed by atoms with Crippen molar-refractivity contribution in [2.24, 2.45) is 11.8 Å². The molecule has 0 aliphatic carbocycles. The second kappa shape index (κ2) is 13.5. The topological polar surface area (TPSA) is 54.0 Å². The van der Waals surface area contributed by atoms with Gasteiger partial charge < -0.3 is 0 Å². The summed E-state index contributed by atoms with van der Waals surface area (Å²) < 4.78 is 0. The Kier molecular flexibility index (Phi) is 13.2. The van der Waals surface area contributed by atoms with Gasteiger partial charge in [0.2, 0.25) is 6.29 Å². The molecule has 0 spiro atoms. The standard InChI is InChI=1S/C20H40O5/c1-8-12-14-16(10-3)18(21)22-23-19(24-25-20(5,6)7)17(11-4)15-13-9-2/h16-17,19H,8-15H2,1-7H3. The summed E-state index contributed by atoms with van der Waals surface area (Å²) in [5, 5.41) is 0. The fourth-order valence-electron chi connectivity index (χ4n) is 2.47. The van der Waals surface area contributed by atoms with Crippen LogP contribution in [0.15, 0.2) is 0 Å². The maximum atomic E-state index is 12.3. The first-order chi connectivity index (χ1) is 11.8. The van der Waals surface area contributed by atoms with Gasteiger partial charge in [0.15, 0.2) is 0 Å². The molecule has 0 radical (unpaired) electrons. The van der Waals surface area contributed by atoms with Crippen LogP contribution in [0.2, 0.25) is 0 Å². The van der Waals surface area contributed by atoms with Gasteiger partial charge in [-0.05, 0) is 46.5 Å². The van der Waals surface area contributed by atoms with Crippen molar-refractivity contribution in [3.63, 3.8) is 0 Å². The minimum Gasteiger partial charge on any atom is -0.295 e. The van der Waals surface area contributed by atoms with Gasteiger partial charge in [0, 0.05) is 5.92 Å². The van der Waals surface area contributed by atoms with Crippen molar-refractivity contribution < 1.29 is 24.3 Å². The third kappa shape index (κ3) is 11.6. The highest BCUT2D eigenvalue weighted by Gasteiger charge is 2.29. The van der Waals surface area contributed by atoms with Gasteiger partial charge in [-0.1, -0.05) is 53.4 Å². The molecule has 25 heavy (non-hydrogen) atoms. The van der Waals surface area contributed by atoms with Crippen LogP contribution in [-0.2, 0) is 24.3 Å². The number of carbonyl (C=O) groups is 1. The Balaban J connectivity index is 4.75. The fraction of sp³-hybridized carbons (Fsp3) is 0.950. The molecule has 0 rings (SSSR count). The number of unbranched alkanes of at least 4 members (excludes halogenated alkanes) is 2. The van der Waals surface area contributed by atoms with E-state index < -0.39 is 11.9 Å². The molecule has 0 saturated carbocycles. The van der Waals surface area contributed by atoms with E-state index in [9.17, 15) is 4.79 Å². The van der Waals surface area contributed by atoms with Gasteiger partial charge in [-0.15, -0.1) is 4.89 Å². The van der Waals surface area contributed by atoms with Gasteiger partial charge in [0.1, 0.15) is 0 Å². The lowest BCUT2D eigenvalue weighted by molar-refractivity contribution is -0.479. The summed E-state index contributed by atoms with van der Waals surface area (Å²) in [6.07, 6.45) is 6.91. The third-order valence-electron chi connectivity index (χ3n) is 4.19. The molecule has 5 nitrogen and oxygen atoms in total. The predicted octanol–water partition coefficient (Wildman–Crippen LogP) is 5.97. The largest absolute Gasteiger partial charge is 0.345 e. The predicted molar refractivity (Wildman–Crippen MR) is 99.5 cm³/mol. The zero-order valence-corrected chi connectivity index (χ0v) is 17.4. The lowest BCUT2D eigenvalue weighted by atomic mass is 9.99. The Hall–Kier alpha value is -0.650. The van der Waals surface area contributed by atoms with Crippen LogP contribution >= 0.6 is 0 Å². The second-order valence-electron chi connectivity index (χ2n) is 7.72. The Labute approximate surface area is 154 Å². The average molecular weight is 361 g/mol. The smallest absolute Gasteiger partial charge is 0.295 e. The van der Waals surface area contributed by atoms with Crippen molar-refractivity contribution >= 4 is 5.97 Å². The van der Waals surface area contributed by atoms with Crippen molar-refractivity contribution in [2.75, 3.05) is 0 Å². The lowest BCUT2D eigenvalue weighted by Crippen LogP contribution is -2.33. The van der Waals surface area contributed by atoms with Crippen LogP contribution in [0, 0.1) is 11.8 Å². The van der Waals surface area contributed by atoms with Gasteiger partial charge in [-0.25, -0.2) is 9.68 Å². The maximum absolute atomic E-state index is 12.3. The maximum Gasteiger partial charge on any atom is 0.345 e. The SMILES string of the molecule is CCCCC(CC)C(=O)OOC(OOC(C)(C)C)C(CC)CCCC. The first kappa shape index (κ1) is 24.4. The molecule has 3 atom stereocenters. The van der Waals surface area contributed by atoms with Crippen LogP contribution in [0.25, 0.3) is 0 Å². The Bertz CT molecular complexity index is 337. The number of hydrogen-bond acceptors (Lipinski definition) is 5. The van der Waals surface area contributed by atoms with E-state index in [1.165, 1.54) is 0 Å². The van der Waals surface area contributed by atoms with E-state index in [0.29, 0.717) is 0 Å². The third-order valence-corrected chi connectivity index (χ3v) is 4.19. The van der Waals surface area contributed by atoms with E-state index >= 15 is 0 Å². The van der Waals surface area contributed by atoms with Crippen LogP contribution in [0.3, 0.4) is 0 Å². The Morgan fingerprint density at radius 3 is 1.96 bits per heavy atom. The molecular weight excluding hydrogens is 320 g/mol. The molecule has 3 unspecified atom stereocenters. The minimum atomic E-state index is -0.705. The van der Waals surface area contributed by atoms with Gasteiger partial charge in [0.25, 0.3) is 0 Å². The molecule has 0 saturated heterocycles. The molecule has 0 aromatic carbocycles. The first-order valence-corrected chi connectivity index (χ1v) is 10.0. The molecule has 0 fully saturated rings. The molecule has 0 aliphatic heterocycles. The van der Waals surface area contributed by atoms with E-state index in [-0.39, 0.29) is 17.8 Å². The van der Waals surface area contributed by atoms with Gasteiger partial charge in [-0.3, -0.25) is 4.89 Å². The van der Waals surface area contributed by atoms with Gasteiger partial charge in [0.05, 0.1) is 11.5 Å². The van der Waals surface area contributed by atoms with Gasteiger partial charge in [-0.2, -0.15) is 4.89 Å². The molecule has 0 aromatic heterocycles. The Morgan fingerprint density at radius 1 is 0.880 bits per heavy atom. The molecule has 5 heteroatoms. The summed E-state index contributed by atoms with van der Waals surface area (Å²) in [6.45, 7) is 14.0. The first-order valence-electron chi connectivity index (χ1n) is 10.0. The quantitative estimate of drug-likeness (QED) is 0.217. The van der Waals surface area contributed by atoms with Gasteiger partial charge >= 0.3 is 5.97 Å². The van der Waals surface area contributed by atoms with Crippen LogP contribution < -0.4 is 0 Å². The number of rotatable bonds is 14. The van der Waals surface area contributed by atoms with Crippen LogP contribution in [-0.4, -0.2) is 17.9 Å². The van der Waals surface area contributed by atoms with Crippen molar-refractivity contribution in [1.29, 1.82) is 0 Å². The van der Waals surface area contributed by atoms with Crippen LogP contribution in [0.1, 0.15) is 99.8 Å². The molecule has 0 aliphatic rings. The molecule has 150 valence electrons. The minimum absolute atomic E-state index is 0.116.